The van der Waals surface area contributed by atoms with Gasteiger partial charge in [0, 0.05) is 14.1 Å². The Hall–Kier alpha value is -3.27. The molecule has 2 aromatic rings. The van der Waals surface area contributed by atoms with E-state index in [9.17, 15) is 10.1 Å². The maximum atomic E-state index is 12.0. The number of ether oxygens (including phenoxy) is 5. The second-order valence-electron chi connectivity index (χ2n) is 9.11. The second-order valence-corrected chi connectivity index (χ2v) is 9.11. The summed E-state index contributed by atoms with van der Waals surface area (Å²) in [6.45, 7) is 6.53. The third kappa shape index (κ3) is 4.42. The minimum absolute atomic E-state index is 0.364. The van der Waals surface area contributed by atoms with Crippen LogP contribution in [0.25, 0.3) is 5.52 Å². The lowest BCUT2D eigenvalue weighted by Gasteiger charge is -2.28. The monoisotopic (exact) mass is 472 g/mol. The average molecular weight is 473 g/mol. The zero-order valence-electron chi connectivity index (χ0n) is 20.0. The molecule has 0 aromatic carbocycles. The highest BCUT2D eigenvalue weighted by Crippen LogP contribution is 2.50. The summed E-state index contributed by atoms with van der Waals surface area (Å²) in [5.41, 5.74) is -0.334. The first kappa shape index (κ1) is 23.9. The van der Waals surface area contributed by atoms with Gasteiger partial charge < -0.3 is 28.6 Å². The number of rotatable bonds is 6. The van der Waals surface area contributed by atoms with Crippen molar-refractivity contribution in [1.82, 2.24) is 19.5 Å². The fourth-order valence-corrected chi connectivity index (χ4v) is 4.02. The molecule has 0 bridgehead atoms. The average Bonchev–Trinajstić information content (AvgIpc) is 3.40. The van der Waals surface area contributed by atoms with Gasteiger partial charge in [0.15, 0.2) is 11.6 Å². The zero-order chi connectivity index (χ0) is 24.7. The first-order valence-corrected chi connectivity index (χ1v) is 10.9. The SMILES string of the molecule is CC(C)OC(=O)OC[C@@]1(C#N)O[C@@H](c2ccc3c(/N=C\N(C)C)ncnn23)[C@@H]2OC(C)(C)O[C@@H]21. The summed E-state index contributed by atoms with van der Waals surface area (Å²) in [4.78, 5) is 22.4. The lowest BCUT2D eigenvalue weighted by Crippen LogP contribution is -2.46. The molecule has 182 valence electrons. The molecule has 0 radical (unpaired) electrons. The van der Waals surface area contributed by atoms with Crippen LogP contribution in [0, 0.1) is 11.3 Å². The van der Waals surface area contributed by atoms with Crippen LogP contribution in [0.1, 0.15) is 39.5 Å². The van der Waals surface area contributed by atoms with Crippen LogP contribution in [0.5, 0.6) is 0 Å². The number of aromatic nitrogens is 3. The molecule has 2 fully saturated rings. The Morgan fingerprint density at radius 1 is 1.35 bits per heavy atom. The van der Waals surface area contributed by atoms with Crippen molar-refractivity contribution in [2.45, 2.75) is 63.5 Å². The number of fused-ring (bicyclic) bond motifs is 2. The van der Waals surface area contributed by atoms with Gasteiger partial charge in [-0.1, -0.05) is 0 Å². The van der Waals surface area contributed by atoms with Gasteiger partial charge in [0.05, 0.1) is 18.1 Å². The van der Waals surface area contributed by atoms with E-state index in [1.807, 2.05) is 26.2 Å². The number of hydrogen-bond donors (Lipinski definition) is 0. The third-order valence-electron chi connectivity index (χ3n) is 5.31. The molecule has 4 atom stereocenters. The van der Waals surface area contributed by atoms with Crippen molar-refractivity contribution < 1.29 is 28.5 Å². The molecule has 0 aliphatic carbocycles. The van der Waals surface area contributed by atoms with Gasteiger partial charge in [0.2, 0.25) is 5.60 Å². The first-order valence-electron chi connectivity index (χ1n) is 10.9. The third-order valence-corrected chi connectivity index (χ3v) is 5.31. The van der Waals surface area contributed by atoms with E-state index in [1.54, 1.807) is 43.4 Å². The minimum atomic E-state index is -1.61. The van der Waals surface area contributed by atoms with E-state index in [4.69, 9.17) is 23.7 Å². The number of nitriles is 1. The molecule has 4 heterocycles. The number of carbonyl (C=O) groups is 1. The van der Waals surface area contributed by atoms with E-state index in [-0.39, 0.29) is 12.7 Å². The van der Waals surface area contributed by atoms with Gasteiger partial charge in [-0.3, -0.25) is 0 Å². The summed E-state index contributed by atoms with van der Waals surface area (Å²) >= 11 is 0. The van der Waals surface area contributed by atoms with Crippen molar-refractivity contribution >= 4 is 23.8 Å². The first-order chi connectivity index (χ1) is 16.0. The van der Waals surface area contributed by atoms with E-state index in [0.29, 0.717) is 17.0 Å². The summed E-state index contributed by atoms with van der Waals surface area (Å²) in [6.07, 6.45) is -0.429. The van der Waals surface area contributed by atoms with Gasteiger partial charge >= 0.3 is 6.16 Å². The topological polar surface area (TPSA) is 133 Å². The van der Waals surface area contributed by atoms with Crippen LogP contribution >= 0.6 is 0 Å². The molecule has 2 aliphatic heterocycles. The van der Waals surface area contributed by atoms with Crippen molar-refractivity contribution in [3.63, 3.8) is 0 Å². The molecule has 0 unspecified atom stereocenters. The molecule has 2 aromatic heterocycles. The highest BCUT2D eigenvalue weighted by atomic mass is 16.8. The minimum Gasteiger partial charge on any atom is -0.432 e. The normalized spacial score (nSPS) is 27.8. The number of hydrogen-bond acceptors (Lipinski definition) is 10. The molecule has 2 aliphatic rings. The predicted molar refractivity (Wildman–Crippen MR) is 118 cm³/mol. The molecule has 0 saturated carbocycles. The predicted octanol–water partition coefficient (Wildman–Crippen LogP) is 2.37. The lowest BCUT2D eigenvalue weighted by molar-refractivity contribution is -0.205. The molecular formula is C22H28N6O6. The smallest absolute Gasteiger partial charge is 0.432 e. The molecule has 2 saturated heterocycles. The number of nitrogens with zero attached hydrogens (tertiary/aromatic N) is 6. The van der Waals surface area contributed by atoms with E-state index in [2.05, 4.69) is 21.1 Å². The molecule has 0 N–H and O–H groups in total. The summed E-state index contributed by atoms with van der Waals surface area (Å²) in [7, 11) is 3.72. The van der Waals surface area contributed by atoms with Gasteiger partial charge in [-0.25, -0.2) is 19.3 Å². The Morgan fingerprint density at radius 3 is 2.79 bits per heavy atom. The summed E-state index contributed by atoms with van der Waals surface area (Å²) < 4.78 is 30.3. The summed E-state index contributed by atoms with van der Waals surface area (Å²) in [5.74, 6) is -0.499. The fraction of sp³-hybridized carbons (Fsp3) is 0.591. The summed E-state index contributed by atoms with van der Waals surface area (Å²) in [6, 6.07) is 5.78. The van der Waals surface area contributed by atoms with E-state index in [1.165, 1.54) is 6.33 Å². The zero-order valence-corrected chi connectivity index (χ0v) is 20.0. The van der Waals surface area contributed by atoms with Gasteiger partial charge in [-0.15, -0.1) is 0 Å². The van der Waals surface area contributed by atoms with Crippen LogP contribution < -0.4 is 0 Å². The van der Waals surface area contributed by atoms with Crippen molar-refractivity contribution in [2.75, 3.05) is 20.7 Å². The molecular weight excluding hydrogens is 444 g/mol. The Balaban J connectivity index is 1.69. The standard InChI is InChI=1S/C22H28N6O6/c1-13(2)31-20(29)30-10-22(9-23)18-17(32-21(3,4)34-18)16(33-22)14-7-8-15-19(25-12-27(5)6)24-11-26-28(14)15/h7-8,11-13,16-18H,10H2,1-6H3/b25-12-/t16-,17-,18-,22+/m0/s1. The largest absolute Gasteiger partial charge is 0.508 e. The Labute approximate surface area is 197 Å². The highest BCUT2D eigenvalue weighted by molar-refractivity contribution is 5.71. The van der Waals surface area contributed by atoms with Gasteiger partial charge in [-0.05, 0) is 39.8 Å². The molecule has 0 spiro atoms. The molecule has 34 heavy (non-hydrogen) atoms. The molecule has 12 heteroatoms. The van der Waals surface area contributed by atoms with Crippen LogP contribution in [0.2, 0.25) is 0 Å². The molecule has 0 amide bonds. The fourth-order valence-electron chi connectivity index (χ4n) is 4.02. The van der Waals surface area contributed by atoms with Gasteiger partial charge in [0.25, 0.3) is 0 Å². The van der Waals surface area contributed by atoms with Gasteiger partial charge in [-0.2, -0.15) is 10.4 Å². The van der Waals surface area contributed by atoms with Crippen molar-refractivity contribution in [3.05, 3.63) is 24.2 Å². The number of aliphatic imine (C=N–C) groups is 1. The number of carbonyl (C=O) groups excluding carboxylic acids is 1. The Kier molecular flexibility index (Phi) is 6.20. The van der Waals surface area contributed by atoms with Crippen LogP contribution in [0.15, 0.2) is 23.5 Å². The lowest BCUT2D eigenvalue weighted by atomic mass is 9.96. The van der Waals surface area contributed by atoms with E-state index < -0.39 is 35.9 Å². The van der Waals surface area contributed by atoms with Crippen LogP contribution in [0.3, 0.4) is 0 Å². The van der Waals surface area contributed by atoms with E-state index in [0.717, 1.165) is 0 Å². The highest BCUT2D eigenvalue weighted by Gasteiger charge is 2.65. The maximum Gasteiger partial charge on any atom is 0.508 e. The van der Waals surface area contributed by atoms with Crippen molar-refractivity contribution in [2.24, 2.45) is 4.99 Å². The van der Waals surface area contributed by atoms with Crippen LogP contribution in [-0.4, -0.2) is 82.4 Å². The molecule has 12 nitrogen and oxygen atoms in total. The summed E-state index contributed by atoms with van der Waals surface area (Å²) in [5, 5.41) is 14.5. The van der Waals surface area contributed by atoms with Crippen molar-refractivity contribution in [3.8, 4) is 6.07 Å². The molecule has 4 rings (SSSR count). The van der Waals surface area contributed by atoms with Crippen LogP contribution in [0.4, 0.5) is 10.6 Å². The van der Waals surface area contributed by atoms with Crippen LogP contribution in [-0.2, 0) is 23.7 Å². The van der Waals surface area contributed by atoms with Gasteiger partial charge in [0.1, 0.15) is 42.8 Å². The van der Waals surface area contributed by atoms with Crippen molar-refractivity contribution in [1.29, 1.82) is 5.26 Å². The maximum absolute atomic E-state index is 12.0. The Morgan fingerprint density at radius 2 is 2.12 bits per heavy atom. The Bertz CT molecular complexity index is 1140. The second kappa shape index (κ2) is 8.83. The van der Waals surface area contributed by atoms with E-state index >= 15 is 0 Å². The quantitative estimate of drug-likeness (QED) is 0.350.